The van der Waals surface area contributed by atoms with Crippen molar-refractivity contribution >= 4 is 33.6 Å². The van der Waals surface area contributed by atoms with Gasteiger partial charge in [-0.3, -0.25) is 10.2 Å². The normalized spacial score (nSPS) is 10.9. The maximum absolute atomic E-state index is 12.5. The van der Waals surface area contributed by atoms with Crippen molar-refractivity contribution in [3.8, 4) is 0 Å². The summed E-state index contributed by atoms with van der Waals surface area (Å²) in [7, 11) is -1.36. The number of benzene rings is 2. The number of sulfonamides is 1. The zero-order valence-electron chi connectivity index (χ0n) is 16.6. The van der Waals surface area contributed by atoms with Gasteiger partial charge in [-0.2, -0.15) is 4.31 Å². The summed E-state index contributed by atoms with van der Waals surface area (Å²) < 4.78 is 30.4. The number of hydrogen-bond donors (Lipinski definition) is 3. The number of methoxy groups -OCH3 is 1. The monoisotopic (exact) mass is 434 g/mol. The summed E-state index contributed by atoms with van der Waals surface area (Å²) in [5.41, 5.74) is 5.66. The predicted molar refractivity (Wildman–Crippen MR) is 109 cm³/mol. The van der Waals surface area contributed by atoms with Crippen LogP contribution in [0.2, 0.25) is 0 Å². The van der Waals surface area contributed by atoms with Crippen LogP contribution < -0.4 is 16.2 Å². The van der Waals surface area contributed by atoms with Crippen LogP contribution in [-0.4, -0.2) is 51.3 Å². The standard InChI is InChI=1S/C19H22N4O6S/c1-13-7-9-16(10-8-13)30(27,28)23(2)12-17(24)21-22-19(26)20-15-6-4-5-14(11-15)18(25)29-3/h4-11H,12H2,1-3H3,(H,21,24)(H2,20,22,26). The van der Waals surface area contributed by atoms with E-state index in [1.807, 2.05) is 6.92 Å². The summed E-state index contributed by atoms with van der Waals surface area (Å²) in [6.45, 7) is 1.32. The Morgan fingerprint density at radius 1 is 1.03 bits per heavy atom. The van der Waals surface area contributed by atoms with Crippen LogP contribution in [0.5, 0.6) is 0 Å². The van der Waals surface area contributed by atoms with E-state index in [1.165, 1.54) is 44.5 Å². The van der Waals surface area contributed by atoms with E-state index in [-0.39, 0.29) is 10.5 Å². The first-order valence-corrected chi connectivity index (χ1v) is 10.1. The molecule has 0 spiro atoms. The van der Waals surface area contributed by atoms with Crippen LogP contribution in [0.15, 0.2) is 53.4 Å². The van der Waals surface area contributed by atoms with Gasteiger partial charge < -0.3 is 10.1 Å². The molecule has 0 aromatic heterocycles. The summed E-state index contributed by atoms with van der Waals surface area (Å²) in [5, 5.41) is 2.43. The summed E-state index contributed by atoms with van der Waals surface area (Å²) in [6.07, 6.45) is 0. The minimum atomic E-state index is -3.85. The number of esters is 1. The van der Waals surface area contributed by atoms with Crippen molar-refractivity contribution in [2.45, 2.75) is 11.8 Å². The van der Waals surface area contributed by atoms with Gasteiger partial charge >= 0.3 is 12.0 Å². The predicted octanol–water partition coefficient (Wildman–Crippen LogP) is 1.26. The smallest absolute Gasteiger partial charge is 0.337 e. The van der Waals surface area contributed by atoms with Gasteiger partial charge in [0.15, 0.2) is 0 Å². The number of hydrazine groups is 1. The second kappa shape index (κ2) is 9.85. The molecule has 0 unspecified atom stereocenters. The van der Waals surface area contributed by atoms with E-state index >= 15 is 0 Å². The Kier molecular flexibility index (Phi) is 7.50. The van der Waals surface area contributed by atoms with Crippen LogP contribution >= 0.6 is 0 Å². The molecule has 0 saturated carbocycles. The molecule has 2 aromatic rings. The van der Waals surface area contributed by atoms with Gasteiger partial charge in [-0.1, -0.05) is 23.8 Å². The minimum absolute atomic E-state index is 0.0552. The maximum Gasteiger partial charge on any atom is 0.337 e. The number of ether oxygens (including phenoxy) is 1. The van der Waals surface area contributed by atoms with Crippen LogP contribution in [0.1, 0.15) is 15.9 Å². The molecule has 0 aliphatic carbocycles. The van der Waals surface area contributed by atoms with Crippen molar-refractivity contribution in [3.63, 3.8) is 0 Å². The van der Waals surface area contributed by atoms with E-state index < -0.39 is 34.5 Å². The number of urea groups is 1. The number of aryl methyl sites for hydroxylation is 1. The van der Waals surface area contributed by atoms with Crippen LogP contribution in [0.25, 0.3) is 0 Å². The fourth-order valence-electron chi connectivity index (χ4n) is 2.35. The van der Waals surface area contributed by atoms with Crippen molar-refractivity contribution < 1.29 is 27.5 Å². The molecule has 10 nitrogen and oxygen atoms in total. The molecule has 2 rings (SSSR count). The summed E-state index contributed by atoms with van der Waals surface area (Å²) in [5.74, 6) is -1.31. The average Bonchev–Trinajstić information content (AvgIpc) is 2.72. The Balaban J connectivity index is 1.88. The fraction of sp³-hybridized carbons (Fsp3) is 0.211. The lowest BCUT2D eigenvalue weighted by Gasteiger charge is -2.17. The van der Waals surface area contributed by atoms with E-state index in [1.54, 1.807) is 18.2 Å². The van der Waals surface area contributed by atoms with E-state index in [0.29, 0.717) is 5.69 Å². The molecule has 2 aromatic carbocycles. The van der Waals surface area contributed by atoms with E-state index in [0.717, 1.165) is 9.87 Å². The molecule has 0 bridgehead atoms. The summed E-state index contributed by atoms with van der Waals surface area (Å²) >= 11 is 0. The number of likely N-dealkylation sites (N-methyl/N-ethyl adjacent to an activating group) is 1. The highest BCUT2D eigenvalue weighted by atomic mass is 32.2. The molecule has 0 heterocycles. The SMILES string of the molecule is COC(=O)c1cccc(NC(=O)NNC(=O)CN(C)S(=O)(=O)c2ccc(C)cc2)c1. The van der Waals surface area contributed by atoms with Crippen molar-refractivity contribution in [2.24, 2.45) is 0 Å². The summed E-state index contributed by atoms with van der Waals surface area (Å²) in [4.78, 5) is 35.5. The molecule has 0 aliphatic heterocycles. The molecule has 11 heteroatoms. The van der Waals surface area contributed by atoms with Crippen molar-refractivity contribution in [1.82, 2.24) is 15.2 Å². The number of nitrogens with zero attached hydrogens (tertiary/aromatic N) is 1. The maximum atomic E-state index is 12.5. The number of carbonyl (C=O) groups excluding carboxylic acids is 3. The van der Waals surface area contributed by atoms with Crippen LogP contribution in [-0.2, 0) is 19.6 Å². The zero-order chi connectivity index (χ0) is 22.3. The third-order valence-electron chi connectivity index (χ3n) is 3.95. The molecular formula is C19H22N4O6S. The first-order valence-electron chi connectivity index (χ1n) is 8.70. The number of hydrogen-bond acceptors (Lipinski definition) is 6. The highest BCUT2D eigenvalue weighted by molar-refractivity contribution is 7.89. The molecule has 160 valence electrons. The molecular weight excluding hydrogens is 412 g/mol. The van der Waals surface area contributed by atoms with Crippen molar-refractivity contribution in [2.75, 3.05) is 26.0 Å². The third-order valence-corrected chi connectivity index (χ3v) is 5.77. The van der Waals surface area contributed by atoms with E-state index in [4.69, 9.17) is 0 Å². The van der Waals surface area contributed by atoms with Gasteiger partial charge in [0.25, 0.3) is 5.91 Å². The molecule has 0 radical (unpaired) electrons. The molecule has 3 amide bonds. The van der Waals surface area contributed by atoms with E-state index in [9.17, 15) is 22.8 Å². The second-order valence-corrected chi connectivity index (χ2v) is 8.32. The van der Waals surface area contributed by atoms with Crippen LogP contribution in [0.3, 0.4) is 0 Å². The first kappa shape index (κ1) is 22.8. The third kappa shape index (κ3) is 6.03. The molecule has 3 N–H and O–H groups in total. The lowest BCUT2D eigenvalue weighted by Crippen LogP contribution is -2.48. The van der Waals surface area contributed by atoms with Gasteiger partial charge in [0.1, 0.15) is 0 Å². The Bertz CT molecular complexity index is 1040. The van der Waals surface area contributed by atoms with Gasteiger partial charge in [0, 0.05) is 12.7 Å². The minimum Gasteiger partial charge on any atom is -0.465 e. The Labute approximate surface area is 174 Å². The molecule has 0 atom stereocenters. The Morgan fingerprint density at radius 2 is 1.70 bits per heavy atom. The highest BCUT2D eigenvalue weighted by Gasteiger charge is 2.23. The second-order valence-electron chi connectivity index (χ2n) is 6.27. The molecule has 0 fully saturated rings. The molecule has 30 heavy (non-hydrogen) atoms. The van der Waals surface area contributed by atoms with Crippen molar-refractivity contribution in [1.29, 1.82) is 0 Å². The number of rotatable bonds is 6. The average molecular weight is 434 g/mol. The highest BCUT2D eigenvalue weighted by Crippen LogP contribution is 2.14. The summed E-state index contributed by atoms with van der Waals surface area (Å²) in [6, 6.07) is 11.4. The quantitative estimate of drug-likeness (QED) is 0.463. The first-order chi connectivity index (χ1) is 14.1. The number of anilines is 1. The molecule has 0 aliphatic rings. The number of carbonyl (C=O) groups is 3. The van der Waals surface area contributed by atoms with Gasteiger partial charge in [-0.15, -0.1) is 0 Å². The van der Waals surface area contributed by atoms with Crippen molar-refractivity contribution in [3.05, 3.63) is 59.7 Å². The lowest BCUT2D eigenvalue weighted by molar-refractivity contribution is -0.121. The Morgan fingerprint density at radius 3 is 2.33 bits per heavy atom. The lowest BCUT2D eigenvalue weighted by atomic mass is 10.2. The molecule has 0 saturated heterocycles. The largest absolute Gasteiger partial charge is 0.465 e. The van der Waals surface area contributed by atoms with Crippen LogP contribution in [0, 0.1) is 6.92 Å². The fourth-order valence-corrected chi connectivity index (χ4v) is 3.47. The van der Waals surface area contributed by atoms with Gasteiger partial charge in [-0.25, -0.2) is 23.4 Å². The number of amides is 3. The van der Waals surface area contributed by atoms with Gasteiger partial charge in [-0.05, 0) is 37.3 Å². The number of nitrogens with one attached hydrogen (secondary N) is 3. The van der Waals surface area contributed by atoms with Gasteiger partial charge in [0.2, 0.25) is 10.0 Å². The zero-order valence-corrected chi connectivity index (χ0v) is 17.4. The van der Waals surface area contributed by atoms with Crippen LogP contribution in [0.4, 0.5) is 10.5 Å². The Hall–Kier alpha value is -3.44. The van der Waals surface area contributed by atoms with Gasteiger partial charge in [0.05, 0.1) is 24.1 Å². The van der Waals surface area contributed by atoms with E-state index in [2.05, 4.69) is 20.9 Å². The topological polar surface area (TPSA) is 134 Å².